The maximum absolute atomic E-state index is 9.40. The summed E-state index contributed by atoms with van der Waals surface area (Å²) in [5.74, 6) is 1.33. The van der Waals surface area contributed by atoms with E-state index in [1.54, 1.807) is 6.92 Å². The van der Waals surface area contributed by atoms with Gasteiger partial charge in [0.25, 0.3) is 5.89 Å². The maximum atomic E-state index is 9.40. The average Bonchev–Trinajstić information content (AvgIpc) is 2.88. The normalized spacial score (nSPS) is 20.4. The van der Waals surface area contributed by atoms with Crippen molar-refractivity contribution in [3.8, 4) is 0 Å². The molecule has 1 heterocycles. The second-order valence-electron chi connectivity index (χ2n) is 4.88. The van der Waals surface area contributed by atoms with Gasteiger partial charge in [0.2, 0.25) is 0 Å². The highest BCUT2D eigenvalue weighted by Crippen LogP contribution is 2.31. The molecule has 1 aliphatic rings. The smallest absolute Gasteiger partial charge is 0.255 e. The third-order valence-corrected chi connectivity index (χ3v) is 3.53. The van der Waals surface area contributed by atoms with Gasteiger partial charge in [-0.25, -0.2) is 0 Å². The molecule has 2 aromatic rings. The molecule has 4 nitrogen and oxygen atoms in total. The molecule has 2 atom stereocenters. The van der Waals surface area contributed by atoms with Crippen molar-refractivity contribution in [1.82, 2.24) is 10.1 Å². The molecule has 0 spiro atoms. The van der Waals surface area contributed by atoms with E-state index < -0.39 is 6.10 Å². The number of benzene rings is 1. The van der Waals surface area contributed by atoms with Gasteiger partial charge in [0, 0.05) is 5.92 Å². The molecule has 0 bridgehead atoms. The molecular formula is C14H16N2O2. The number of rotatable bonds is 2. The number of aliphatic hydroxyl groups excluding tert-OH is 1. The minimum atomic E-state index is -0.692. The zero-order valence-electron chi connectivity index (χ0n) is 10.3. The topological polar surface area (TPSA) is 59.2 Å². The van der Waals surface area contributed by atoms with E-state index in [-0.39, 0.29) is 0 Å². The molecule has 3 rings (SSSR count). The van der Waals surface area contributed by atoms with Crippen LogP contribution in [0, 0.1) is 0 Å². The molecule has 0 saturated heterocycles. The predicted molar refractivity (Wildman–Crippen MR) is 66.1 cm³/mol. The van der Waals surface area contributed by atoms with Crippen molar-refractivity contribution in [3.63, 3.8) is 0 Å². The SMILES string of the molecule is C[C@H](O)c1nc(C2CCc3ccccc3C2)no1. The molecular weight excluding hydrogens is 228 g/mol. The van der Waals surface area contributed by atoms with Gasteiger partial charge in [0.15, 0.2) is 5.82 Å². The van der Waals surface area contributed by atoms with E-state index >= 15 is 0 Å². The van der Waals surface area contributed by atoms with Crippen LogP contribution in [-0.4, -0.2) is 15.2 Å². The number of hydrogen-bond donors (Lipinski definition) is 1. The highest BCUT2D eigenvalue weighted by atomic mass is 16.5. The Labute approximate surface area is 106 Å². The number of nitrogens with zero attached hydrogens (tertiary/aromatic N) is 2. The Morgan fingerprint density at radius 2 is 2.11 bits per heavy atom. The highest BCUT2D eigenvalue weighted by Gasteiger charge is 2.24. The van der Waals surface area contributed by atoms with Gasteiger partial charge in [0.1, 0.15) is 6.10 Å². The van der Waals surface area contributed by atoms with Gasteiger partial charge in [-0.15, -0.1) is 0 Å². The summed E-state index contributed by atoms with van der Waals surface area (Å²) >= 11 is 0. The summed E-state index contributed by atoms with van der Waals surface area (Å²) < 4.78 is 5.06. The van der Waals surface area contributed by atoms with Crippen molar-refractivity contribution in [2.45, 2.75) is 38.2 Å². The Balaban J connectivity index is 1.83. The maximum Gasteiger partial charge on any atom is 0.255 e. The van der Waals surface area contributed by atoms with Crippen LogP contribution < -0.4 is 0 Å². The average molecular weight is 244 g/mol. The van der Waals surface area contributed by atoms with Crippen molar-refractivity contribution in [2.24, 2.45) is 0 Å². The first-order valence-corrected chi connectivity index (χ1v) is 6.32. The molecule has 1 unspecified atom stereocenters. The number of aliphatic hydroxyl groups is 1. The van der Waals surface area contributed by atoms with Gasteiger partial charge >= 0.3 is 0 Å². The summed E-state index contributed by atoms with van der Waals surface area (Å²) in [4.78, 5) is 4.28. The minimum absolute atomic E-state index is 0.302. The van der Waals surface area contributed by atoms with Crippen molar-refractivity contribution in [3.05, 3.63) is 47.1 Å². The minimum Gasteiger partial charge on any atom is -0.384 e. The summed E-state index contributed by atoms with van der Waals surface area (Å²) in [6, 6.07) is 8.50. The first kappa shape index (κ1) is 11.4. The molecule has 1 aromatic heterocycles. The predicted octanol–water partition coefficient (Wildman–Crippen LogP) is 2.40. The van der Waals surface area contributed by atoms with Gasteiger partial charge < -0.3 is 9.63 Å². The Kier molecular flexibility index (Phi) is 2.88. The van der Waals surface area contributed by atoms with Crippen LogP contribution in [0.3, 0.4) is 0 Å². The third-order valence-electron chi connectivity index (χ3n) is 3.53. The lowest BCUT2D eigenvalue weighted by Crippen LogP contribution is -2.13. The molecule has 0 saturated carbocycles. The van der Waals surface area contributed by atoms with Crippen LogP contribution in [0.1, 0.15) is 48.2 Å². The summed E-state index contributed by atoms with van der Waals surface area (Å²) in [6.45, 7) is 1.63. The van der Waals surface area contributed by atoms with Gasteiger partial charge in [-0.2, -0.15) is 4.98 Å². The number of aryl methyl sites for hydroxylation is 1. The van der Waals surface area contributed by atoms with Gasteiger partial charge in [-0.3, -0.25) is 0 Å². The van der Waals surface area contributed by atoms with Crippen LogP contribution in [0.15, 0.2) is 28.8 Å². The molecule has 1 N–H and O–H groups in total. The zero-order valence-corrected chi connectivity index (χ0v) is 10.3. The monoisotopic (exact) mass is 244 g/mol. The van der Waals surface area contributed by atoms with Gasteiger partial charge in [-0.1, -0.05) is 29.4 Å². The van der Waals surface area contributed by atoms with E-state index in [9.17, 15) is 5.11 Å². The summed E-state index contributed by atoms with van der Waals surface area (Å²) in [6.07, 6.45) is 2.35. The van der Waals surface area contributed by atoms with Crippen molar-refractivity contribution in [2.75, 3.05) is 0 Å². The molecule has 0 amide bonds. The van der Waals surface area contributed by atoms with Crippen LogP contribution in [-0.2, 0) is 12.8 Å². The van der Waals surface area contributed by atoms with Crippen LogP contribution in [0.25, 0.3) is 0 Å². The molecule has 18 heavy (non-hydrogen) atoms. The van der Waals surface area contributed by atoms with Crippen molar-refractivity contribution in [1.29, 1.82) is 0 Å². The summed E-state index contributed by atoms with van der Waals surface area (Å²) in [7, 11) is 0. The molecule has 0 radical (unpaired) electrons. The Hall–Kier alpha value is -1.68. The van der Waals surface area contributed by atoms with Crippen LogP contribution in [0.5, 0.6) is 0 Å². The number of hydrogen-bond acceptors (Lipinski definition) is 4. The fraction of sp³-hybridized carbons (Fsp3) is 0.429. The number of fused-ring (bicyclic) bond motifs is 1. The van der Waals surface area contributed by atoms with Gasteiger partial charge in [-0.05, 0) is 37.3 Å². The second kappa shape index (κ2) is 4.53. The van der Waals surface area contributed by atoms with E-state index in [0.717, 1.165) is 25.1 Å². The Morgan fingerprint density at radius 1 is 1.33 bits per heavy atom. The Bertz CT molecular complexity index is 548. The van der Waals surface area contributed by atoms with Crippen LogP contribution in [0.2, 0.25) is 0 Å². The number of aromatic nitrogens is 2. The Morgan fingerprint density at radius 3 is 2.83 bits per heavy atom. The van der Waals surface area contributed by atoms with Crippen LogP contribution in [0.4, 0.5) is 0 Å². The largest absolute Gasteiger partial charge is 0.384 e. The van der Waals surface area contributed by atoms with Crippen molar-refractivity contribution >= 4 is 0 Å². The first-order chi connectivity index (χ1) is 8.74. The second-order valence-corrected chi connectivity index (χ2v) is 4.88. The standard InChI is InChI=1S/C14H16N2O2/c1-9(17)14-15-13(16-18-14)12-7-6-10-4-2-3-5-11(10)8-12/h2-5,9,12,17H,6-8H2,1H3/t9-,12?/m0/s1. The molecule has 0 fully saturated rings. The van der Waals surface area contributed by atoms with E-state index in [0.29, 0.717) is 11.8 Å². The fourth-order valence-electron chi connectivity index (χ4n) is 2.50. The molecule has 1 aromatic carbocycles. The molecule has 0 aliphatic heterocycles. The fourth-order valence-corrected chi connectivity index (χ4v) is 2.50. The first-order valence-electron chi connectivity index (χ1n) is 6.32. The lowest BCUT2D eigenvalue weighted by molar-refractivity contribution is 0.151. The summed E-state index contributed by atoms with van der Waals surface area (Å²) in [5, 5.41) is 13.4. The highest BCUT2D eigenvalue weighted by molar-refractivity contribution is 5.31. The lowest BCUT2D eigenvalue weighted by atomic mass is 9.83. The van der Waals surface area contributed by atoms with Gasteiger partial charge in [0.05, 0.1) is 0 Å². The van der Waals surface area contributed by atoms with Crippen LogP contribution >= 0.6 is 0 Å². The van der Waals surface area contributed by atoms with Crippen molar-refractivity contribution < 1.29 is 9.63 Å². The van der Waals surface area contributed by atoms with E-state index in [1.807, 2.05) is 0 Å². The lowest BCUT2D eigenvalue weighted by Gasteiger charge is -2.21. The summed E-state index contributed by atoms with van der Waals surface area (Å²) in [5.41, 5.74) is 2.80. The molecule has 4 heteroatoms. The van der Waals surface area contributed by atoms with E-state index in [2.05, 4.69) is 34.4 Å². The van der Waals surface area contributed by atoms with E-state index in [1.165, 1.54) is 11.1 Å². The quantitative estimate of drug-likeness (QED) is 0.881. The third kappa shape index (κ3) is 2.04. The van der Waals surface area contributed by atoms with E-state index in [4.69, 9.17) is 4.52 Å². The molecule has 94 valence electrons. The molecule has 1 aliphatic carbocycles. The zero-order chi connectivity index (χ0) is 12.5.